The van der Waals surface area contributed by atoms with Crippen molar-refractivity contribution in [2.24, 2.45) is 0 Å². The van der Waals surface area contributed by atoms with Crippen molar-refractivity contribution in [2.75, 3.05) is 0 Å². The molecule has 3 rings (SSSR count). The van der Waals surface area contributed by atoms with E-state index in [1.54, 1.807) is 6.20 Å². The molecular weight excluding hydrogens is 218 g/mol. The number of aromatic nitrogens is 3. The highest BCUT2D eigenvalue weighted by Gasteiger charge is 2.02. The molecule has 4 heteroatoms. The highest BCUT2D eigenvalue weighted by atomic mass is 32.1. The third-order valence-corrected chi connectivity index (χ3v) is 2.68. The van der Waals surface area contributed by atoms with Crippen LogP contribution in [0.25, 0.3) is 22.2 Å². The first-order valence-corrected chi connectivity index (χ1v) is 5.37. The van der Waals surface area contributed by atoms with Gasteiger partial charge in [0, 0.05) is 18.0 Å². The molecule has 0 unspecified atom stereocenters. The van der Waals surface area contributed by atoms with Crippen molar-refractivity contribution in [1.82, 2.24) is 15.0 Å². The van der Waals surface area contributed by atoms with Crippen molar-refractivity contribution in [2.45, 2.75) is 5.16 Å². The Morgan fingerprint density at radius 2 is 2.06 bits per heavy atom. The number of thiol groups is 1. The minimum Gasteiger partial charge on any atom is -0.333 e. The van der Waals surface area contributed by atoms with Gasteiger partial charge in [-0.05, 0) is 23.8 Å². The summed E-state index contributed by atoms with van der Waals surface area (Å²) >= 11 is 4.19. The number of imidazole rings is 1. The molecular formula is C12H9N3S. The molecule has 0 aliphatic heterocycles. The Balaban J connectivity index is 2.18. The lowest BCUT2D eigenvalue weighted by Crippen LogP contribution is -1.79. The molecule has 0 radical (unpaired) electrons. The molecule has 16 heavy (non-hydrogen) atoms. The average Bonchev–Trinajstić information content (AvgIpc) is 2.69. The number of hydrogen-bond acceptors (Lipinski definition) is 3. The van der Waals surface area contributed by atoms with Crippen molar-refractivity contribution in [1.29, 1.82) is 0 Å². The van der Waals surface area contributed by atoms with E-state index in [1.165, 1.54) is 0 Å². The van der Waals surface area contributed by atoms with Crippen LogP contribution in [-0.4, -0.2) is 15.0 Å². The molecule has 2 aromatic heterocycles. The number of pyridine rings is 1. The molecule has 0 amide bonds. The van der Waals surface area contributed by atoms with E-state index in [1.807, 2.05) is 36.5 Å². The zero-order chi connectivity index (χ0) is 11.0. The van der Waals surface area contributed by atoms with E-state index in [0.717, 1.165) is 22.2 Å². The minimum atomic E-state index is 0.637. The van der Waals surface area contributed by atoms with E-state index in [9.17, 15) is 0 Å². The van der Waals surface area contributed by atoms with Crippen LogP contribution in [0.5, 0.6) is 0 Å². The maximum absolute atomic E-state index is 4.29. The van der Waals surface area contributed by atoms with Crippen LogP contribution in [0.15, 0.2) is 47.9 Å². The summed E-state index contributed by atoms with van der Waals surface area (Å²) in [6.45, 7) is 0. The van der Waals surface area contributed by atoms with Crippen LogP contribution in [0.1, 0.15) is 0 Å². The topological polar surface area (TPSA) is 41.6 Å². The molecule has 0 saturated carbocycles. The van der Waals surface area contributed by atoms with Gasteiger partial charge in [0.1, 0.15) is 0 Å². The lowest BCUT2D eigenvalue weighted by molar-refractivity contribution is 1.09. The number of H-pyrrole nitrogens is 1. The standard InChI is InChI=1S/C12H9N3S/c16-12-14-10-4-3-8(6-11(10)15-12)9-2-1-5-13-7-9/h1-7H,(H2,14,15,16). The van der Waals surface area contributed by atoms with E-state index in [0.29, 0.717) is 5.16 Å². The predicted molar refractivity (Wildman–Crippen MR) is 66.6 cm³/mol. The van der Waals surface area contributed by atoms with Gasteiger partial charge in [0.25, 0.3) is 0 Å². The van der Waals surface area contributed by atoms with Gasteiger partial charge in [0.2, 0.25) is 0 Å². The van der Waals surface area contributed by atoms with Gasteiger partial charge in [-0.15, -0.1) is 12.6 Å². The molecule has 0 aliphatic rings. The molecule has 0 fully saturated rings. The maximum Gasteiger partial charge on any atom is 0.163 e. The van der Waals surface area contributed by atoms with E-state index in [2.05, 4.69) is 27.6 Å². The number of rotatable bonds is 1. The Hall–Kier alpha value is -1.81. The maximum atomic E-state index is 4.29. The summed E-state index contributed by atoms with van der Waals surface area (Å²) in [5.74, 6) is 0. The fourth-order valence-electron chi connectivity index (χ4n) is 1.71. The third kappa shape index (κ3) is 1.57. The van der Waals surface area contributed by atoms with Crippen molar-refractivity contribution in [3.63, 3.8) is 0 Å². The molecule has 0 aliphatic carbocycles. The summed E-state index contributed by atoms with van der Waals surface area (Å²) in [5, 5.41) is 0.637. The Morgan fingerprint density at radius 3 is 2.88 bits per heavy atom. The molecule has 0 bridgehead atoms. The number of nitrogens with one attached hydrogen (secondary N) is 1. The fraction of sp³-hybridized carbons (Fsp3) is 0. The monoisotopic (exact) mass is 227 g/mol. The molecule has 3 nitrogen and oxygen atoms in total. The van der Waals surface area contributed by atoms with Crippen LogP contribution in [0.3, 0.4) is 0 Å². The lowest BCUT2D eigenvalue weighted by atomic mass is 10.1. The Labute approximate surface area is 98.0 Å². The molecule has 0 saturated heterocycles. The number of nitrogens with zero attached hydrogens (tertiary/aromatic N) is 2. The van der Waals surface area contributed by atoms with Crippen molar-refractivity contribution < 1.29 is 0 Å². The van der Waals surface area contributed by atoms with Gasteiger partial charge >= 0.3 is 0 Å². The van der Waals surface area contributed by atoms with Gasteiger partial charge < -0.3 is 4.98 Å². The normalized spacial score (nSPS) is 10.8. The molecule has 3 aromatic rings. The number of hydrogen-bond donors (Lipinski definition) is 2. The smallest absolute Gasteiger partial charge is 0.163 e. The zero-order valence-electron chi connectivity index (χ0n) is 8.38. The van der Waals surface area contributed by atoms with Crippen LogP contribution in [0, 0.1) is 0 Å². The number of benzene rings is 1. The summed E-state index contributed by atoms with van der Waals surface area (Å²) in [4.78, 5) is 11.5. The molecule has 1 aromatic carbocycles. The molecule has 78 valence electrons. The summed E-state index contributed by atoms with van der Waals surface area (Å²) in [5.41, 5.74) is 4.12. The van der Waals surface area contributed by atoms with Gasteiger partial charge in [0.15, 0.2) is 5.16 Å². The minimum absolute atomic E-state index is 0.637. The van der Waals surface area contributed by atoms with Crippen LogP contribution in [0.2, 0.25) is 0 Å². The van der Waals surface area contributed by atoms with Gasteiger partial charge in [0.05, 0.1) is 11.0 Å². The SMILES string of the molecule is Sc1nc2cc(-c3cccnc3)ccc2[nH]1. The molecule has 0 atom stereocenters. The molecule has 0 spiro atoms. The summed E-state index contributed by atoms with van der Waals surface area (Å²) in [6, 6.07) is 10.0. The quantitative estimate of drug-likeness (QED) is 0.628. The Bertz CT molecular complexity index is 631. The lowest BCUT2D eigenvalue weighted by Gasteiger charge is -1.99. The van der Waals surface area contributed by atoms with Crippen LogP contribution >= 0.6 is 12.6 Å². The third-order valence-electron chi connectivity index (χ3n) is 2.47. The second-order valence-electron chi connectivity index (χ2n) is 3.53. The van der Waals surface area contributed by atoms with Crippen LogP contribution < -0.4 is 0 Å². The van der Waals surface area contributed by atoms with Crippen molar-refractivity contribution in [3.8, 4) is 11.1 Å². The van der Waals surface area contributed by atoms with E-state index in [-0.39, 0.29) is 0 Å². The van der Waals surface area contributed by atoms with Crippen LogP contribution in [-0.2, 0) is 0 Å². The average molecular weight is 227 g/mol. The fourth-order valence-corrected chi connectivity index (χ4v) is 1.93. The first kappa shape index (κ1) is 9.42. The van der Waals surface area contributed by atoms with E-state index in [4.69, 9.17) is 0 Å². The summed E-state index contributed by atoms with van der Waals surface area (Å²) in [6.07, 6.45) is 3.61. The second-order valence-corrected chi connectivity index (χ2v) is 3.96. The molecule has 2 heterocycles. The van der Waals surface area contributed by atoms with Gasteiger partial charge in [-0.1, -0.05) is 12.1 Å². The first-order valence-electron chi connectivity index (χ1n) is 4.92. The largest absolute Gasteiger partial charge is 0.333 e. The summed E-state index contributed by atoms with van der Waals surface area (Å²) in [7, 11) is 0. The van der Waals surface area contributed by atoms with Gasteiger partial charge in [-0.3, -0.25) is 4.98 Å². The van der Waals surface area contributed by atoms with Gasteiger partial charge in [-0.2, -0.15) is 0 Å². The molecule has 1 N–H and O–H groups in total. The van der Waals surface area contributed by atoms with Crippen molar-refractivity contribution >= 4 is 23.7 Å². The highest BCUT2D eigenvalue weighted by Crippen LogP contribution is 2.22. The predicted octanol–water partition coefficient (Wildman–Crippen LogP) is 2.91. The highest BCUT2D eigenvalue weighted by molar-refractivity contribution is 7.80. The second kappa shape index (κ2) is 3.64. The first-order chi connectivity index (χ1) is 7.83. The zero-order valence-corrected chi connectivity index (χ0v) is 9.28. The van der Waals surface area contributed by atoms with Crippen molar-refractivity contribution in [3.05, 3.63) is 42.7 Å². The van der Waals surface area contributed by atoms with Crippen LogP contribution in [0.4, 0.5) is 0 Å². The number of fused-ring (bicyclic) bond motifs is 1. The van der Waals surface area contributed by atoms with Gasteiger partial charge in [-0.25, -0.2) is 4.98 Å². The Morgan fingerprint density at radius 1 is 1.12 bits per heavy atom. The summed E-state index contributed by atoms with van der Waals surface area (Å²) < 4.78 is 0. The number of aromatic amines is 1. The van der Waals surface area contributed by atoms with E-state index >= 15 is 0 Å². The van der Waals surface area contributed by atoms with E-state index < -0.39 is 0 Å². The Kier molecular flexibility index (Phi) is 2.15.